The number of benzene rings is 2. The van der Waals surface area contributed by atoms with Crippen molar-refractivity contribution in [1.29, 1.82) is 0 Å². The lowest BCUT2D eigenvalue weighted by Crippen LogP contribution is -2.32. The third kappa shape index (κ3) is 5.70. The van der Waals surface area contributed by atoms with Gasteiger partial charge < -0.3 is 10.6 Å². The summed E-state index contributed by atoms with van der Waals surface area (Å²) in [5.41, 5.74) is 1.93. The molecule has 0 heterocycles. The van der Waals surface area contributed by atoms with Crippen LogP contribution in [0.3, 0.4) is 0 Å². The molecule has 0 unspecified atom stereocenters. The van der Waals surface area contributed by atoms with Gasteiger partial charge in [0, 0.05) is 29.4 Å². The third-order valence-corrected chi connectivity index (χ3v) is 3.74. The fourth-order valence-corrected chi connectivity index (χ4v) is 2.36. The molecule has 0 saturated heterocycles. The van der Waals surface area contributed by atoms with Crippen LogP contribution in [0, 0.1) is 0 Å². The molecule has 5 nitrogen and oxygen atoms in total. The number of halogens is 1. The van der Waals surface area contributed by atoms with Gasteiger partial charge in [0.2, 0.25) is 5.91 Å². The number of nitrogens with one attached hydrogen (secondary N) is 3. The number of hydrogen-bond donors (Lipinski definition) is 3. The van der Waals surface area contributed by atoms with Gasteiger partial charge in [-0.15, -0.1) is 0 Å². The van der Waals surface area contributed by atoms with E-state index in [1.165, 1.54) is 6.08 Å². The summed E-state index contributed by atoms with van der Waals surface area (Å²) in [6.45, 7) is 0. The maximum Gasteiger partial charge on any atom is 0.251 e. The number of amides is 2. The first kappa shape index (κ1) is 18.6. The lowest BCUT2D eigenvalue weighted by molar-refractivity contribution is -0.115. The predicted octanol–water partition coefficient (Wildman–Crippen LogP) is 3.23. The molecular formula is C18H16ClN3O2S. The lowest BCUT2D eigenvalue weighted by Gasteiger charge is -2.08. The molecule has 2 amide bonds. The van der Waals surface area contributed by atoms with Gasteiger partial charge in [0.25, 0.3) is 5.91 Å². The maximum absolute atomic E-state index is 11.9. The van der Waals surface area contributed by atoms with Gasteiger partial charge in [-0.25, -0.2) is 0 Å². The molecule has 7 heteroatoms. The van der Waals surface area contributed by atoms with Gasteiger partial charge >= 0.3 is 0 Å². The molecule has 0 aliphatic heterocycles. The van der Waals surface area contributed by atoms with Crippen LogP contribution in [0.1, 0.15) is 15.9 Å². The van der Waals surface area contributed by atoms with Gasteiger partial charge in [0.05, 0.1) is 0 Å². The highest BCUT2D eigenvalue weighted by Gasteiger charge is 2.05. The van der Waals surface area contributed by atoms with Crippen molar-refractivity contribution in [1.82, 2.24) is 10.6 Å². The molecule has 0 aromatic heterocycles. The van der Waals surface area contributed by atoms with Crippen molar-refractivity contribution in [3.8, 4) is 0 Å². The van der Waals surface area contributed by atoms with Crippen LogP contribution in [0.5, 0.6) is 0 Å². The molecule has 0 aliphatic rings. The van der Waals surface area contributed by atoms with E-state index in [0.29, 0.717) is 16.3 Å². The minimum absolute atomic E-state index is 0.154. The van der Waals surface area contributed by atoms with Crippen LogP contribution in [0.4, 0.5) is 5.69 Å². The number of carbonyl (C=O) groups is 2. The summed E-state index contributed by atoms with van der Waals surface area (Å²) in [7, 11) is 1.56. The molecule has 0 spiro atoms. The first-order valence-electron chi connectivity index (χ1n) is 7.36. The Hall–Kier alpha value is -2.70. The smallest absolute Gasteiger partial charge is 0.251 e. The van der Waals surface area contributed by atoms with E-state index in [0.717, 1.165) is 5.56 Å². The Morgan fingerprint density at radius 2 is 1.76 bits per heavy atom. The van der Waals surface area contributed by atoms with E-state index < -0.39 is 0 Å². The van der Waals surface area contributed by atoms with E-state index in [2.05, 4.69) is 16.0 Å². The van der Waals surface area contributed by atoms with Crippen LogP contribution in [-0.4, -0.2) is 24.0 Å². The second-order valence-corrected chi connectivity index (χ2v) is 5.77. The van der Waals surface area contributed by atoms with Crippen LogP contribution >= 0.6 is 23.8 Å². The van der Waals surface area contributed by atoms with Gasteiger partial charge in [-0.3, -0.25) is 14.9 Å². The molecule has 2 aromatic carbocycles. The summed E-state index contributed by atoms with van der Waals surface area (Å²) >= 11 is 11.1. The average molecular weight is 374 g/mol. The zero-order chi connectivity index (χ0) is 18.2. The lowest BCUT2D eigenvalue weighted by atomic mass is 10.2. The molecule has 128 valence electrons. The van der Waals surface area contributed by atoms with Crippen molar-refractivity contribution < 1.29 is 9.59 Å². The normalized spacial score (nSPS) is 10.3. The Balaban J connectivity index is 1.90. The Morgan fingerprint density at radius 3 is 2.40 bits per heavy atom. The molecule has 3 N–H and O–H groups in total. The molecular weight excluding hydrogens is 358 g/mol. The summed E-state index contributed by atoms with van der Waals surface area (Å²) < 4.78 is 0. The van der Waals surface area contributed by atoms with Crippen LogP contribution in [0.25, 0.3) is 6.08 Å². The zero-order valence-corrected chi connectivity index (χ0v) is 14.9. The highest BCUT2D eigenvalue weighted by molar-refractivity contribution is 7.80. The van der Waals surface area contributed by atoms with Crippen molar-refractivity contribution in [2.45, 2.75) is 0 Å². The monoisotopic (exact) mass is 373 g/mol. The summed E-state index contributed by atoms with van der Waals surface area (Å²) in [6.07, 6.45) is 2.96. The second-order valence-electron chi connectivity index (χ2n) is 4.95. The van der Waals surface area contributed by atoms with Gasteiger partial charge in [-0.05, 0) is 54.2 Å². The number of rotatable bonds is 4. The molecule has 0 aliphatic carbocycles. The Kier molecular flexibility index (Phi) is 6.68. The van der Waals surface area contributed by atoms with Crippen molar-refractivity contribution in [3.05, 3.63) is 70.8 Å². The molecule has 25 heavy (non-hydrogen) atoms. The molecule has 2 aromatic rings. The minimum atomic E-state index is -0.376. The fourth-order valence-electron chi connectivity index (χ4n) is 1.94. The van der Waals surface area contributed by atoms with Crippen LogP contribution in [0.15, 0.2) is 54.6 Å². The standard InChI is InChI=1S/C18H16ClN3O2S/c1-20-17(24)13-6-9-14(10-7-13)21-18(25)22-16(23)11-8-12-4-2-3-5-15(12)19/h2-11H,1H3,(H,20,24)(H2,21,22,23,25)/b11-8+. The molecule has 2 rings (SSSR count). The molecule has 0 atom stereocenters. The number of carbonyl (C=O) groups excluding carboxylic acids is 2. The van der Waals surface area contributed by atoms with E-state index in [4.69, 9.17) is 23.8 Å². The van der Waals surface area contributed by atoms with Crippen molar-refractivity contribution >= 4 is 52.5 Å². The number of anilines is 1. The fraction of sp³-hybridized carbons (Fsp3) is 0.0556. The minimum Gasteiger partial charge on any atom is -0.355 e. The molecule has 0 bridgehead atoms. The van der Waals surface area contributed by atoms with E-state index >= 15 is 0 Å². The van der Waals surface area contributed by atoms with E-state index in [1.807, 2.05) is 12.1 Å². The van der Waals surface area contributed by atoms with Crippen molar-refractivity contribution in [3.63, 3.8) is 0 Å². The topological polar surface area (TPSA) is 70.2 Å². The van der Waals surface area contributed by atoms with E-state index in [9.17, 15) is 9.59 Å². The quantitative estimate of drug-likeness (QED) is 0.568. The summed E-state index contributed by atoms with van der Waals surface area (Å²) in [4.78, 5) is 23.4. The van der Waals surface area contributed by atoms with Gasteiger partial charge in [-0.2, -0.15) is 0 Å². The Labute approximate surface area is 156 Å². The van der Waals surface area contributed by atoms with E-state index in [-0.39, 0.29) is 16.9 Å². The van der Waals surface area contributed by atoms with Crippen molar-refractivity contribution in [2.75, 3.05) is 12.4 Å². The first-order chi connectivity index (χ1) is 12.0. The van der Waals surface area contributed by atoms with Crippen molar-refractivity contribution in [2.24, 2.45) is 0 Å². The zero-order valence-electron chi connectivity index (χ0n) is 13.4. The summed E-state index contributed by atoms with van der Waals surface area (Å²) in [6, 6.07) is 13.9. The predicted molar refractivity (Wildman–Crippen MR) is 105 cm³/mol. The highest BCUT2D eigenvalue weighted by Crippen LogP contribution is 2.16. The third-order valence-electron chi connectivity index (χ3n) is 3.19. The van der Waals surface area contributed by atoms with Gasteiger partial charge in [-0.1, -0.05) is 29.8 Å². The summed E-state index contributed by atoms with van der Waals surface area (Å²) in [5, 5.41) is 8.67. The summed E-state index contributed by atoms with van der Waals surface area (Å²) in [5.74, 6) is -0.550. The number of thiocarbonyl (C=S) groups is 1. The Morgan fingerprint density at radius 1 is 1.08 bits per heavy atom. The van der Waals surface area contributed by atoms with Crippen LogP contribution in [-0.2, 0) is 4.79 Å². The van der Waals surface area contributed by atoms with Crippen LogP contribution < -0.4 is 16.0 Å². The first-order valence-corrected chi connectivity index (χ1v) is 8.15. The van der Waals surface area contributed by atoms with Crippen LogP contribution in [0.2, 0.25) is 5.02 Å². The maximum atomic E-state index is 11.9. The number of hydrogen-bond acceptors (Lipinski definition) is 3. The average Bonchev–Trinajstić information content (AvgIpc) is 2.61. The Bertz CT molecular complexity index is 819. The van der Waals surface area contributed by atoms with Gasteiger partial charge in [0.1, 0.15) is 0 Å². The van der Waals surface area contributed by atoms with Gasteiger partial charge in [0.15, 0.2) is 5.11 Å². The molecule has 0 saturated carbocycles. The second kappa shape index (κ2) is 8.96. The molecule has 0 fully saturated rings. The SMILES string of the molecule is CNC(=O)c1ccc(NC(=S)NC(=O)/C=C/c2ccccc2Cl)cc1. The molecule has 0 radical (unpaired) electrons. The highest BCUT2D eigenvalue weighted by atomic mass is 35.5. The van der Waals surface area contributed by atoms with E-state index in [1.54, 1.807) is 49.5 Å². The largest absolute Gasteiger partial charge is 0.355 e.